The molecule has 0 bridgehead atoms. The zero-order valence-electron chi connectivity index (χ0n) is 18.5. The monoisotopic (exact) mass is 418 g/mol. The zero-order valence-corrected chi connectivity index (χ0v) is 18.5. The van der Waals surface area contributed by atoms with Crippen LogP contribution in [0.25, 0.3) is 10.9 Å². The topological polar surface area (TPSA) is 62.5 Å². The number of aliphatic carboxylic acids is 1. The van der Waals surface area contributed by atoms with Gasteiger partial charge in [0.1, 0.15) is 0 Å². The van der Waals surface area contributed by atoms with Crippen molar-refractivity contribution in [1.82, 2.24) is 9.47 Å². The second-order valence-electron chi connectivity index (χ2n) is 9.28. The summed E-state index contributed by atoms with van der Waals surface area (Å²) < 4.78 is 2.23. The van der Waals surface area contributed by atoms with Gasteiger partial charge in [-0.25, -0.2) is 0 Å². The molecule has 0 unspecified atom stereocenters. The lowest BCUT2D eigenvalue weighted by Crippen LogP contribution is -2.48. The Morgan fingerprint density at radius 1 is 1.10 bits per heavy atom. The van der Waals surface area contributed by atoms with E-state index in [1.807, 2.05) is 68.3 Å². The lowest BCUT2D eigenvalue weighted by Gasteiger charge is -2.37. The van der Waals surface area contributed by atoms with Crippen molar-refractivity contribution in [3.05, 3.63) is 71.4 Å². The number of likely N-dealkylation sites (N-methyl/N-ethyl adjacent to an activating group) is 1. The van der Waals surface area contributed by atoms with Crippen LogP contribution in [0.2, 0.25) is 0 Å². The second kappa shape index (κ2) is 8.22. The van der Waals surface area contributed by atoms with Crippen molar-refractivity contribution in [1.29, 1.82) is 0 Å². The average Bonchev–Trinajstić information content (AvgIpc) is 3.06. The Morgan fingerprint density at radius 2 is 1.77 bits per heavy atom. The Hall–Kier alpha value is -3.08. The van der Waals surface area contributed by atoms with E-state index in [2.05, 4.69) is 16.7 Å². The molecular weight excluding hydrogens is 388 g/mol. The number of rotatable bonds is 6. The van der Waals surface area contributed by atoms with Crippen molar-refractivity contribution in [2.75, 3.05) is 7.05 Å². The normalized spacial score (nSPS) is 16.2. The maximum atomic E-state index is 13.4. The SMILES string of the molecule is CN(C(=O)C(C)(C)Cc1ccccc1)[C@@H]1CCc2c(CC(=O)O)c3ccccc3n2C1. The highest BCUT2D eigenvalue weighted by Crippen LogP contribution is 2.33. The molecule has 162 valence electrons. The summed E-state index contributed by atoms with van der Waals surface area (Å²) in [5, 5.41) is 10.4. The van der Waals surface area contributed by atoms with Gasteiger partial charge in [-0.05, 0) is 36.5 Å². The van der Waals surface area contributed by atoms with Crippen LogP contribution in [-0.2, 0) is 35.4 Å². The Balaban J connectivity index is 1.58. The van der Waals surface area contributed by atoms with E-state index in [0.29, 0.717) is 13.0 Å². The molecule has 1 atom stereocenters. The maximum absolute atomic E-state index is 13.4. The van der Waals surface area contributed by atoms with Gasteiger partial charge in [-0.2, -0.15) is 0 Å². The van der Waals surface area contributed by atoms with Crippen LogP contribution < -0.4 is 0 Å². The van der Waals surface area contributed by atoms with Crippen molar-refractivity contribution in [2.24, 2.45) is 5.41 Å². The van der Waals surface area contributed by atoms with Gasteiger partial charge in [-0.15, -0.1) is 0 Å². The second-order valence-corrected chi connectivity index (χ2v) is 9.28. The van der Waals surface area contributed by atoms with Crippen LogP contribution in [0, 0.1) is 5.41 Å². The van der Waals surface area contributed by atoms with E-state index in [0.717, 1.165) is 40.6 Å². The van der Waals surface area contributed by atoms with E-state index in [1.165, 1.54) is 0 Å². The van der Waals surface area contributed by atoms with E-state index < -0.39 is 11.4 Å². The number of hydrogen-bond donors (Lipinski definition) is 1. The Morgan fingerprint density at radius 3 is 2.48 bits per heavy atom. The molecule has 0 radical (unpaired) electrons. The van der Waals surface area contributed by atoms with E-state index >= 15 is 0 Å². The molecule has 31 heavy (non-hydrogen) atoms. The molecule has 2 aromatic carbocycles. The number of nitrogens with zero attached hydrogens (tertiary/aromatic N) is 2. The largest absolute Gasteiger partial charge is 0.481 e. The van der Waals surface area contributed by atoms with Crippen LogP contribution in [0.5, 0.6) is 0 Å². The third-order valence-electron chi connectivity index (χ3n) is 6.57. The number of fused-ring (bicyclic) bond motifs is 3. The zero-order chi connectivity index (χ0) is 22.2. The molecule has 5 heteroatoms. The Labute approximate surface area is 183 Å². The summed E-state index contributed by atoms with van der Waals surface area (Å²) in [6, 6.07) is 18.2. The quantitative estimate of drug-likeness (QED) is 0.649. The number of carboxylic acids is 1. The van der Waals surface area contributed by atoms with Gasteiger partial charge >= 0.3 is 5.97 Å². The van der Waals surface area contributed by atoms with Crippen LogP contribution in [0.1, 0.15) is 37.1 Å². The fraction of sp³-hybridized carbons (Fsp3) is 0.385. The molecule has 0 aliphatic carbocycles. The van der Waals surface area contributed by atoms with Crippen molar-refractivity contribution in [3.63, 3.8) is 0 Å². The van der Waals surface area contributed by atoms with E-state index in [4.69, 9.17) is 0 Å². The standard InChI is InChI=1S/C26H30N2O3/c1-26(2,16-18-9-5-4-6-10-18)25(31)27(3)19-13-14-23-21(15-24(29)30)20-11-7-8-12-22(20)28(23)17-19/h4-12,19H,13-17H2,1-3H3,(H,29,30)/t19-/m1/s1. The average molecular weight is 419 g/mol. The summed E-state index contributed by atoms with van der Waals surface area (Å²) in [5.41, 5.74) is 3.74. The third-order valence-corrected chi connectivity index (χ3v) is 6.57. The van der Waals surface area contributed by atoms with Crippen LogP contribution in [-0.4, -0.2) is 39.5 Å². The highest BCUT2D eigenvalue weighted by molar-refractivity contribution is 5.89. The molecule has 1 aliphatic rings. The third kappa shape index (κ3) is 4.09. The summed E-state index contributed by atoms with van der Waals surface area (Å²) in [4.78, 5) is 26.8. The molecule has 0 spiro atoms. The summed E-state index contributed by atoms with van der Waals surface area (Å²) in [7, 11) is 1.91. The van der Waals surface area contributed by atoms with Crippen molar-refractivity contribution in [2.45, 2.75) is 52.1 Å². The first-order chi connectivity index (χ1) is 14.8. The van der Waals surface area contributed by atoms with Crippen molar-refractivity contribution < 1.29 is 14.7 Å². The predicted molar refractivity (Wildman–Crippen MR) is 122 cm³/mol. The minimum atomic E-state index is -0.809. The van der Waals surface area contributed by atoms with Crippen LogP contribution in [0.4, 0.5) is 0 Å². The predicted octanol–water partition coefficient (Wildman–Crippen LogP) is 4.31. The van der Waals surface area contributed by atoms with Crippen LogP contribution in [0.15, 0.2) is 54.6 Å². The van der Waals surface area contributed by atoms with Gasteiger partial charge in [0.05, 0.1) is 6.42 Å². The first kappa shape index (κ1) is 21.2. The number of benzene rings is 2. The van der Waals surface area contributed by atoms with Crippen LogP contribution >= 0.6 is 0 Å². The fourth-order valence-corrected chi connectivity index (χ4v) is 5.02. The molecule has 1 amide bonds. The first-order valence-corrected chi connectivity index (χ1v) is 10.9. The minimum absolute atomic E-state index is 0.0341. The summed E-state index contributed by atoms with van der Waals surface area (Å²) in [6.45, 7) is 4.73. The molecule has 0 saturated heterocycles. The summed E-state index contributed by atoms with van der Waals surface area (Å²) in [6.07, 6.45) is 2.35. The molecule has 1 N–H and O–H groups in total. The highest BCUT2D eigenvalue weighted by atomic mass is 16.4. The van der Waals surface area contributed by atoms with Gasteiger partial charge in [-0.3, -0.25) is 9.59 Å². The number of carboxylic acid groups (broad SMARTS) is 1. The number of para-hydroxylation sites is 1. The van der Waals surface area contributed by atoms with E-state index in [1.54, 1.807) is 0 Å². The number of amides is 1. The van der Waals surface area contributed by atoms with E-state index in [9.17, 15) is 14.7 Å². The van der Waals surface area contributed by atoms with Gasteiger partial charge < -0.3 is 14.6 Å². The molecule has 0 fully saturated rings. The molecule has 4 rings (SSSR count). The number of aromatic nitrogens is 1. The number of hydrogen-bond acceptors (Lipinski definition) is 2. The Kier molecular flexibility index (Phi) is 5.61. The van der Waals surface area contributed by atoms with Gasteiger partial charge in [0.15, 0.2) is 0 Å². The van der Waals surface area contributed by atoms with Gasteiger partial charge in [0.2, 0.25) is 5.91 Å². The van der Waals surface area contributed by atoms with Gasteiger partial charge in [-0.1, -0.05) is 62.4 Å². The summed E-state index contributed by atoms with van der Waals surface area (Å²) >= 11 is 0. The molecular formula is C26H30N2O3. The molecule has 2 heterocycles. The number of carbonyl (C=O) groups excluding carboxylic acids is 1. The smallest absolute Gasteiger partial charge is 0.307 e. The minimum Gasteiger partial charge on any atom is -0.481 e. The summed E-state index contributed by atoms with van der Waals surface area (Å²) in [5.74, 6) is -0.664. The first-order valence-electron chi connectivity index (χ1n) is 10.9. The van der Waals surface area contributed by atoms with Gasteiger partial charge in [0, 0.05) is 41.6 Å². The lowest BCUT2D eigenvalue weighted by molar-refractivity contribution is -0.141. The van der Waals surface area contributed by atoms with Gasteiger partial charge in [0.25, 0.3) is 0 Å². The van der Waals surface area contributed by atoms with Crippen LogP contribution in [0.3, 0.4) is 0 Å². The molecule has 5 nitrogen and oxygen atoms in total. The highest BCUT2D eigenvalue weighted by Gasteiger charge is 2.36. The van der Waals surface area contributed by atoms with E-state index in [-0.39, 0.29) is 18.4 Å². The van der Waals surface area contributed by atoms with Crippen molar-refractivity contribution >= 4 is 22.8 Å². The molecule has 1 aliphatic heterocycles. The molecule has 3 aromatic rings. The number of carbonyl (C=O) groups is 2. The molecule has 0 saturated carbocycles. The fourth-order valence-electron chi connectivity index (χ4n) is 5.02. The Bertz CT molecular complexity index is 1110. The lowest BCUT2D eigenvalue weighted by atomic mass is 9.83. The molecule has 1 aromatic heterocycles. The maximum Gasteiger partial charge on any atom is 0.307 e. The van der Waals surface area contributed by atoms with Crippen molar-refractivity contribution in [3.8, 4) is 0 Å².